The summed E-state index contributed by atoms with van der Waals surface area (Å²) in [6, 6.07) is 20.8. The Morgan fingerprint density at radius 1 is 0.972 bits per heavy atom. The summed E-state index contributed by atoms with van der Waals surface area (Å²) in [5, 5.41) is 4.92. The highest BCUT2D eigenvalue weighted by Gasteiger charge is 2.24. The highest BCUT2D eigenvalue weighted by atomic mass is 32.1. The van der Waals surface area contributed by atoms with Gasteiger partial charge in [0.25, 0.3) is 5.91 Å². The molecular weight excluding hydrogens is 472 g/mol. The maximum atomic E-state index is 12.6. The third kappa shape index (κ3) is 4.50. The highest BCUT2D eigenvalue weighted by molar-refractivity contribution is 7.21. The van der Waals surface area contributed by atoms with Crippen molar-refractivity contribution in [2.24, 2.45) is 0 Å². The number of rotatable bonds is 6. The van der Waals surface area contributed by atoms with Gasteiger partial charge in [-0.25, -0.2) is 4.98 Å². The van der Waals surface area contributed by atoms with E-state index in [0.29, 0.717) is 22.2 Å². The third-order valence-corrected chi connectivity index (χ3v) is 7.27. The molecule has 0 radical (unpaired) electrons. The van der Waals surface area contributed by atoms with Gasteiger partial charge >= 0.3 is 0 Å². The van der Waals surface area contributed by atoms with Crippen molar-refractivity contribution in [1.29, 1.82) is 0 Å². The first kappa shape index (κ1) is 22.2. The van der Waals surface area contributed by atoms with Gasteiger partial charge in [-0.1, -0.05) is 36.4 Å². The molecule has 2 aromatic carbocycles. The van der Waals surface area contributed by atoms with Crippen molar-refractivity contribution in [3.05, 3.63) is 89.6 Å². The van der Waals surface area contributed by atoms with Gasteiger partial charge in [0.2, 0.25) is 5.91 Å². The molecule has 7 nitrogen and oxygen atoms in total. The van der Waals surface area contributed by atoms with Crippen LogP contribution in [0.4, 0.5) is 5.82 Å². The van der Waals surface area contributed by atoms with E-state index in [1.807, 2.05) is 65.6 Å². The van der Waals surface area contributed by atoms with Crippen molar-refractivity contribution in [3.63, 3.8) is 0 Å². The third-order valence-electron chi connectivity index (χ3n) is 6.14. The number of nitrogens with zero attached hydrogens (tertiary/aromatic N) is 3. The Bertz CT molecular complexity index is 1590. The lowest BCUT2D eigenvalue weighted by atomic mass is 10.1. The fourth-order valence-electron chi connectivity index (χ4n) is 4.10. The number of carbonyl (C=O) groups excluding carboxylic acids is 2. The Kier molecular flexibility index (Phi) is 5.79. The SMILES string of the molecule is O=C(Cc1ccc(Oc2ccnc3cc(C(=O)N4CCC4)sc23)cc1)Nc1cc2ccccc2cn1. The quantitative estimate of drug-likeness (QED) is 0.329. The van der Waals surface area contributed by atoms with Gasteiger partial charge in [0, 0.05) is 36.9 Å². The van der Waals surface area contributed by atoms with Crippen LogP contribution in [0.15, 0.2) is 79.1 Å². The first-order chi connectivity index (χ1) is 17.6. The molecule has 6 rings (SSSR count). The van der Waals surface area contributed by atoms with Gasteiger partial charge in [-0.15, -0.1) is 11.3 Å². The summed E-state index contributed by atoms with van der Waals surface area (Å²) in [6.07, 6.45) is 4.72. The molecule has 4 heterocycles. The number of amides is 2. The topological polar surface area (TPSA) is 84.4 Å². The van der Waals surface area contributed by atoms with E-state index >= 15 is 0 Å². The largest absolute Gasteiger partial charge is 0.456 e. The smallest absolute Gasteiger partial charge is 0.264 e. The number of thiophene rings is 1. The minimum atomic E-state index is -0.139. The fourth-order valence-corrected chi connectivity index (χ4v) is 5.14. The van der Waals surface area contributed by atoms with Crippen molar-refractivity contribution < 1.29 is 14.3 Å². The van der Waals surface area contributed by atoms with E-state index in [1.54, 1.807) is 18.5 Å². The number of anilines is 1. The minimum Gasteiger partial charge on any atom is -0.456 e. The van der Waals surface area contributed by atoms with Gasteiger partial charge in [-0.05, 0) is 41.6 Å². The van der Waals surface area contributed by atoms with E-state index in [-0.39, 0.29) is 18.2 Å². The van der Waals surface area contributed by atoms with Crippen LogP contribution < -0.4 is 10.1 Å². The molecule has 2 amide bonds. The lowest BCUT2D eigenvalue weighted by molar-refractivity contribution is -0.115. The van der Waals surface area contributed by atoms with Gasteiger partial charge in [-0.2, -0.15) is 0 Å². The minimum absolute atomic E-state index is 0.0525. The second kappa shape index (κ2) is 9.39. The first-order valence-corrected chi connectivity index (χ1v) is 12.5. The molecule has 1 aliphatic rings. The summed E-state index contributed by atoms with van der Waals surface area (Å²) in [5.74, 6) is 1.74. The lowest BCUT2D eigenvalue weighted by Crippen LogP contribution is -2.41. The molecule has 1 aliphatic heterocycles. The zero-order chi connectivity index (χ0) is 24.5. The molecule has 36 heavy (non-hydrogen) atoms. The van der Waals surface area contributed by atoms with E-state index < -0.39 is 0 Å². The van der Waals surface area contributed by atoms with Crippen LogP contribution >= 0.6 is 11.3 Å². The van der Waals surface area contributed by atoms with Crippen LogP contribution in [0.5, 0.6) is 11.5 Å². The van der Waals surface area contributed by atoms with Crippen molar-refractivity contribution in [2.45, 2.75) is 12.8 Å². The summed E-state index contributed by atoms with van der Waals surface area (Å²) < 4.78 is 6.96. The summed E-state index contributed by atoms with van der Waals surface area (Å²) in [6.45, 7) is 1.63. The van der Waals surface area contributed by atoms with Crippen LogP contribution in [-0.2, 0) is 11.2 Å². The Labute approximate surface area is 211 Å². The predicted molar refractivity (Wildman–Crippen MR) is 141 cm³/mol. The Morgan fingerprint density at radius 2 is 1.78 bits per heavy atom. The van der Waals surface area contributed by atoms with E-state index in [4.69, 9.17) is 4.74 Å². The van der Waals surface area contributed by atoms with Gasteiger partial charge in [0.15, 0.2) is 0 Å². The standard InChI is InChI=1S/C28H22N4O3S/c33-26(31-25-15-19-4-1-2-5-20(19)17-30-25)14-18-6-8-21(9-7-18)35-23-10-11-29-22-16-24(36-27(22)23)28(34)32-12-3-13-32/h1-2,4-11,15-17H,3,12-14H2,(H,30,31,33). The van der Waals surface area contributed by atoms with Crippen LogP contribution in [0.25, 0.3) is 21.0 Å². The van der Waals surface area contributed by atoms with E-state index in [0.717, 1.165) is 46.1 Å². The molecule has 0 aliphatic carbocycles. The molecular formula is C28H22N4O3S. The summed E-state index contributed by atoms with van der Waals surface area (Å²) >= 11 is 1.40. The number of likely N-dealkylation sites (tertiary alicyclic amines) is 1. The van der Waals surface area contributed by atoms with E-state index in [9.17, 15) is 9.59 Å². The average Bonchev–Trinajstić information content (AvgIpc) is 3.30. The lowest BCUT2D eigenvalue weighted by Gasteiger charge is -2.30. The first-order valence-electron chi connectivity index (χ1n) is 11.7. The van der Waals surface area contributed by atoms with Gasteiger partial charge in [-0.3, -0.25) is 14.6 Å². The number of aromatic nitrogens is 2. The number of pyridine rings is 2. The molecule has 0 bridgehead atoms. The summed E-state index contributed by atoms with van der Waals surface area (Å²) in [4.78, 5) is 36.4. The number of ether oxygens (including phenoxy) is 1. The Hall–Kier alpha value is -4.30. The molecule has 0 unspecified atom stereocenters. The number of carbonyl (C=O) groups is 2. The molecule has 0 saturated carbocycles. The molecule has 178 valence electrons. The average molecular weight is 495 g/mol. The van der Waals surface area contributed by atoms with Crippen LogP contribution in [0.2, 0.25) is 0 Å². The van der Waals surface area contributed by atoms with Crippen LogP contribution in [0.1, 0.15) is 21.7 Å². The molecule has 8 heteroatoms. The molecule has 0 atom stereocenters. The Morgan fingerprint density at radius 3 is 2.56 bits per heavy atom. The van der Waals surface area contributed by atoms with Crippen LogP contribution in [0.3, 0.4) is 0 Å². The predicted octanol–water partition coefficient (Wildman–Crippen LogP) is 5.66. The number of fused-ring (bicyclic) bond motifs is 2. The van der Waals surface area contributed by atoms with Crippen LogP contribution in [0, 0.1) is 0 Å². The monoisotopic (exact) mass is 494 g/mol. The zero-order valence-corrected chi connectivity index (χ0v) is 20.1. The molecule has 1 fully saturated rings. The second-order valence-electron chi connectivity index (χ2n) is 8.67. The van der Waals surface area contributed by atoms with Crippen molar-refractivity contribution >= 4 is 50.0 Å². The summed E-state index contributed by atoms with van der Waals surface area (Å²) in [7, 11) is 0. The van der Waals surface area contributed by atoms with Crippen molar-refractivity contribution in [3.8, 4) is 11.5 Å². The van der Waals surface area contributed by atoms with Gasteiger partial charge in [0.05, 0.1) is 21.5 Å². The fraction of sp³-hybridized carbons (Fsp3) is 0.143. The number of nitrogens with one attached hydrogen (secondary N) is 1. The zero-order valence-electron chi connectivity index (χ0n) is 19.3. The maximum Gasteiger partial charge on any atom is 0.264 e. The number of hydrogen-bond donors (Lipinski definition) is 1. The Balaban J connectivity index is 1.12. The van der Waals surface area contributed by atoms with E-state index in [2.05, 4.69) is 15.3 Å². The summed E-state index contributed by atoms with van der Waals surface area (Å²) in [5.41, 5.74) is 1.61. The maximum absolute atomic E-state index is 12.6. The molecule has 1 N–H and O–H groups in total. The van der Waals surface area contributed by atoms with Crippen molar-refractivity contribution in [1.82, 2.24) is 14.9 Å². The van der Waals surface area contributed by atoms with Gasteiger partial charge < -0.3 is 15.0 Å². The van der Waals surface area contributed by atoms with Gasteiger partial charge in [0.1, 0.15) is 17.3 Å². The molecule has 5 aromatic rings. The number of benzene rings is 2. The highest BCUT2D eigenvalue weighted by Crippen LogP contribution is 2.35. The van der Waals surface area contributed by atoms with Crippen LogP contribution in [-0.4, -0.2) is 39.8 Å². The molecule has 1 saturated heterocycles. The molecule has 3 aromatic heterocycles. The molecule has 0 spiro atoms. The normalized spacial score (nSPS) is 12.9. The second-order valence-corrected chi connectivity index (χ2v) is 9.72. The number of hydrogen-bond acceptors (Lipinski definition) is 6. The van der Waals surface area contributed by atoms with E-state index in [1.165, 1.54) is 11.3 Å². The van der Waals surface area contributed by atoms with Crippen molar-refractivity contribution in [2.75, 3.05) is 18.4 Å².